The summed E-state index contributed by atoms with van der Waals surface area (Å²) in [5.41, 5.74) is 1.25. The van der Waals surface area contributed by atoms with Crippen molar-refractivity contribution in [2.45, 2.75) is 24.8 Å². The summed E-state index contributed by atoms with van der Waals surface area (Å²) in [7, 11) is 0. The smallest absolute Gasteiger partial charge is 0.160 e. The van der Waals surface area contributed by atoms with Crippen LogP contribution < -0.4 is 4.72 Å². The van der Waals surface area contributed by atoms with Gasteiger partial charge in [-0.2, -0.15) is 5.10 Å². The lowest BCUT2D eigenvalue weighted by Gasteiger charge is -2.04. The average Bonchev–Trinajstić information content (AvgIpc) is 3.04. The van der Waals surface area contributed by atoms with Crippen LogP contribution in [0.3, 0.4) is 0 Å². The van der Waals surface area contributed by atoms with Gasteiger partial charge in [0.05, 0.1) is 22.3 Å². The fourth-order valence-electron chi connectivity index (χ4n) is 1.97. The Bertz CT molecular complexity index is 778. The fraction of sp³-hybridized carbons (Fsp3) is 0.214. The van der Waals surface area contributed by atoms with E-state index in [1.54, 1.807) is 12.4 Å². The third-order valence-corrected chi connectivity index (χ3v) is 3.88. The van der Waals surface area contributed by atoms with Gasteiger partial charge in [-0.3, -0.25) is 4.68 Å². The molecular formula is C14H14F2N4S. The minimum Gasteiger partial charge on any atom is -0.359 e. The Kier molecular flexibility index (Phi) is 3.59. The van der Waals surface area contributed by atoms with E-state index in [4.69, 9.17) is 0 Å². The second kappa shape index (κ2) is 5.40. The van der Waals surface area contributed by atoms with E-state index in [2.05, 4.69) is 14.8 Å². The van der Waals surface area contributed by atoms with Gasteiger partial charge < -0.3 is 9.71 Å². The van der Waals surface area contributed by atoms with Gasteiger partial charge in [0.25, 0.3) is 0 Å². The first-order valence-corrected chi connectivity index (χ1v) is 7.29. The second-order valence-corrected chi connectivity index (χ2v) is 5.85. The van der Waals surface area contributed by atoms with Gasteiger partial charge in [-0.1, -0.05) is 0 Å². The molecule has 110 valence electrons. The summed E-state index contributed by atoms with van der Waals surface area (Å²) in [6, 6.07) is 2.63. The maximum atomic E-state index is 13.3. The Morgan fingerprint density at radius 3 is 2.76 bits per heavy atom. The standard InChI is InChI=1S/C14H14F2N4S/c1-8(2)20-7-9(5-18-20)21-19-14-6-17-13-4-12(16)11(15)3-10(13)14/h3-8,17,19H,1-2H3. The summed E-state index contributed by atoms with van der Waals surface area (Å²) in [6.45, 7) is 4.09. The molecule has 21 heavy (non-hydrogen) atoms. The van der Waals surface area contributed by atoms with E-state index in [1.165, 1.54) is 18.0 Å². The van der Waals surface area contributed by atoms with Crippen LogP contribution in [-0.4, -0.2) is 14.8 Å². The number of rotatable bonds is 4. The van der Waals surface area contributed by atoms with Crippen molar-refractivity contribution < 1.29 is 8.78 Å². The van der Waals surface area contributed by atoms with Gasteiger partial charge in [-0.25, -0.2) is 8.78 Å². The molecule has 0 aliphatic rings. The molecule has 1 aromatic carbocycles. The Labute approximate surface area is 124 Å². The monoisotopic (exact) mass is 308 g/mol. The molecular weight excluding hydrogens is 294 g/mol. The first-order valence-electron chi connectivity index (χ1n) is 6.47. The van der Waals surface area contributed by atoms with Crippen LogP contribution in [0.15, 0.2) is 35.6 Å². The summed E-state index contributed by atoms with van der Waals surface area (Å²) in [6.07, 6.45) is 5.37. The number of fused-ring (bicyclic) bond motifs is 1. The lowest BCUT2D eigenvalue weighted by molar-refractivity contribution is 0.511. The highest BCUT2D eigenvalue weighted by Gasteiger charge is 2.10. The highest BCUT2D eigenvalue weighted by Crippen LogP contribution is 2.29. The molecule has 0 amide bonds. The third-order valence-electron chi connectivity index (χ3n) is 3.11. The molecule has 0 saturated carbocycles. The molecule has 0 bridgehead atoms. The first kappa shape index (κ1) is 13.9. The Hall–Kier alpha value is -2.02. The lowest BCUT2D eigenvalue weighted by Crippen LogP contribution is -1.99. The van der Waals surface area contributed by atoms with E-state index in [9.17, 15) is 8.78 Å². The molecule has 0 spiro atoms. The number of aromatic amines is 1. The molecule has 2 aromatic heterocycles. The maximum absolute atomic E-state index is 13.3. The van der Waals surface area contributed by atoms with Crippen molar-refractivity contribution >= 4 is 28.5 Å². The second-order valence-electron chi connectivity index (χ2n) is 4.97. The number of anilines is 1. The van der Waals surface area contributed by atoms with Crippen LogP contribution in [0.4, 0.5) is 14.5 Å². The van der Waals surface area contributed by atoms with Gasteiger partial charge in [-0.05, 0) is 31.9 Å². The number of hydrogen-bond donors (Lipinski definition) is 2. The summed E-state index contributed by atoms with van der Waals surface area (Å²) in [4.78, 5) is 3.86. The molecule has 0 atom stereocenters. The number of H-pyrrole nitrogens is 1. The van der Waals surface area contributed by atoms with E-state index in [1.807, 2.05) is 24.7 Å². The van der Waals surface area contributed by atoms with Gasteiger partial charge in [0.1, 0.15) is 0 Å². The number of benzene rings is 1. The lowest BCUT2D eigenvalue weighted by atomic mass is 10.2. The SMILES string of the molecule is CC(C)n1cc(SNc2c[nH]c3cc(F)c(F)cc23)cn1. The fourth-order valence-corrected chi connectivity index (χ4v) is 2.63. The largest absolute Gasteiger partial charge is 0.359 e. The van der Waals surface area contributed by atoms with Crippen molar-refractivity contribution in [1.29, 1.82) is 0 Å². The summed E-state index contributed by atoms with van der Waals surface area (Å²) < 4.78 is 31.5. The van der Waals surface area contributed by atoms with Crippen molar-refractivity contribution in [2.24, 2.45) is 0 Å². The van der Waals surface area contributed by atoms with Crippen molar-refractivity contribution in [3.63, 3.8) is 0 Å². The quantitative estimate of drug-likeness (QED) is 0.705. The van der Waals surface area contributed by atoms with E-state index >= 15 is 0 Å². The molecule has 4 nitrogen and oxygen atoms in total. The predicted molar refractivity (Wildman–Crippen MR) is 80.3 cm³/mol. The molecule has 0 unspecified atom stereocenters. The summed E-state index contributed by atoms with van der Waals surface area (Å²) in [5.74, 6) is -1.72. The van der Waals surface area contributed by atoms with Gasteiger partial charge in [0.2, 0.25) is 0 Å². The topological polar surface area (TPSA) is 45.6 Å². The molecule has 7 heteroatoms. The van der Waals surface area contributed by atoms with Crippen LogP contribution >= 0.6 is 11.9 Å². The zero-order valence-corrected chi connectivity index (χ0v) is 12.3. The van der Waals surface area contributed by atoms with Crippen LogP contribution in [0.25, 0.3) is 10.9 Å². The summed E-state index contributed by atoms with van der Waals surface area (Å²) >= 11 is 1.37. The molecule has 0 fully saturated rings. The van der Waals surface area contributed by atoms with Gasteiger partial charge in [-0.15, -0.1) is 0 Å². The highest BCUT2D eigenvalue weighted by atomic mass is 32.2. The Morgan fingerprint density at radius 2 is 2.05 bits per heavy atom. The molecule has 3 rings (SSSR count). The van der Waals surface area contributed by atoms with E-state index in [0.717, 1.165) is 11.0 Å². The number of nitrogens with zero attached hydrogens (tertiary/aromatic N) is 2. The van der Waals surface area contributed by atoms with Crippen molar-refractivity contribution in [3.8, 4) is 0 Å². The van der Waals surface area contributed by atoms with Crippen LogP contribution in [-0.2, 0) is 0 Å². The maximum Gasteiger partial charge on any atom is 0.160 e. The van der Waals surface area contributed by atoms with E-state index in [-0.39, 0.29) is 0 Å². The van der Waals surface area contributed by atoms with Crippen LogP contribution in [0.1, 0.15) is 19.9 Å². The number of hydrogen-bond acceptors (Lipinski definition) is 3. The highest BCUT2D eigenvalue weighted by molar-refractivity contribution is 8.00. The average molecular weight is 308 g/mol. The van der Waals surface area contributed by atoms with Gasteiger partial charge in [0.15, 0.2) is 11.6 Å². The van der Waals surface area contributed by atoms with Gasteiger partial charge in [0, 0.05) is 29.9 Å². The van der Waals surface area contributed by atoms with Crippen LogP contribution in [0.5, 0.6) is 0 Å². The van der Waals surface area contributed by atoms with Crippen molar-refractivity contribution in [3.05, 3.63) is 42.4 Å². The van der Waals surface area contributed by atoms with Crippen molar-refractivity contribution in [2.75, 3.05) is 4.72 Å². The molecule has 0 aliphatic heterocycles. The first-order chi connectivity index (χ1) is 10.0. The molecule has 2 N–H and O–H groups in total. The zero-order valence-electron chi connectivity index (χ0n) is 11.5. The predicted octanol–water partition coefficient (Wildman–Crippen LogP) is 4.34. The number of halogens is 2. The normalized spacial score (nSPS) is 11.5. The molecule has 0 radical (unpaired) electrons. The van der Waals surface area contributed by atoms with Gasteiger partial charge >= 0.3 is 0 Å². The minimum absolute atomic E-state index is 0.296. The van der Waals surface area contributed by atoms with E-state index < -0.39 is 11.6 Å². The molecule has 0 saturated heterocycles. The Balaban J connectivity index is 1.80. The summed E-state index contributed by atoms with van der Waals surface area (Å²) in [5, 5.41) is 4.85. The molecule has 2 heterocycles. The van der Waals surface area contributed by atoms with Crippen LogP contribution in [0, 0.1) is 11.6 Å². The molecule has 0 aliphatic carbocycles. The number of aromatic nitrogens is 3. The van der Waals surface area contributed by atoms with Crippen LogP contribution in [0.2, 0.25) is 0 Å². The Morgan fingerprint density at radius 1 is 1.29 bits per heavy atom. The van der Waals surface area contributed by atoms with Crippen molar-refractivity contribution in [1.82, 2.24) is 14.8 Å². The third kappa shape index (κ3) is 2.73. The molecule has 3 aromatic rings. The minimum atomic E-state index is -0.859. The number of nitrogens with one attached hydrogen (secondary N) is 2. The zero-order chi connectivity index (χ0) is 15.0. The van der Waals surface area contributed by atoms with E-state index in [0.29, 0.717) is 22.6 Å².